The van der Waals surface area contributed by atoms with Crippen molar-refractivity contribution in [3.8, 4) is 0 Å². The molecular weight excluding hydrogens is 794 g/mol. The Morgan fingerprint density at radius 3 is 0.887 bits per heavy atom. The van der Waals surface area contributed by atoms with E-state index >= 15 is 0 Å². The van der Waals surface area contributed by atoms with Crippen LogP contribution in [0, 0.1) is 47.3 Å². The van der Waals surface area contributed by atoms with E-state index in [4.69, 9.17) is 15.4 Å². The first kappa shape index (κ1) is 39.7. The topological polar surface area (TPSA) is 277 Å². The Bertz CT molecular complexity index is 1720. The summed E-state index contributed by atoms with van der Waals surface area (Å²) in [5.74, 6) is 0.712. The number of primary sulfonamides is 3. The van der Waals surface area contributed by atoms with Crippen molar-refractivity contribution in [2.24, 2.45) is 62.8 Å². The summed E-state index contributed by atoms with van der Waals surface area (Å²) in [4.78, 5) is 0. The van der Waals surface area contributed by atoms with Crippen LogP contribution in [0.15, 0.2) is 0 Å². The third-order valence-electron chi connectivity index (χ3n) is 15.1. The predicted molar refractivity (Wildman–Crippen MR) is 194 cm³/mol. The van der Waals surface area contributed by atoms with E-state index in [1.54, 1.807) is 0 Å². The molecule has 1 radical (unpaired) electrons. The molecule has 4 saturated carbocycles. The third kappa shape index (κ3) is 7.11. The molecule has 17 nitrogen and oxygen atoms in total. The van der Waals surface area contributed by atoms with Gasteiger partial charge in [0.25, 0.3) is 0 Å². The Morgan fingerprint density at radius 2 is 0.623 bits per heavy atom. The molecule has 5 aliphatic heterocycles. The molecule has 0 amide bonds. The van der Waals surface area contributed by atoms with Crippen LogP contribution in [0.25, 0.3) is 0 Å². The van der Waals surface area contributed by atoms with Gasteiger partial charge in [-0.15, -0.1) is 0 Å². The van der Waals surface area contributed by atoms with Gasteiger partial charge in [-0.2, -0.15) is 0 Å². The molecule has 9 rings (SSSR count). The van der Waals surface area contributed by atoms with Crippen molar-refractivity contribution >= 4 is 30.1 Å². The van der Waals surface area contributed by atoms with Gasteiger partial charge in [-0.1, -0.05) is 38.5 Å². The van der Waals surface area contributed by atoms with E-state index in [-0.39, 0.29) is 72.3 Å². The average Bonchev–Trinajstić information content (AvgIpc) is 3.82. The van der Waals surface area contributed by atoms with Crippen LogP contribution in [-0.2, 0) is 47.1 Å². The molecule has 0 aromatic rings. The zero-order valence-electron chi connectivity index (χ0n) is 29.9. The minimum Gasteiger partial charge on any atom is -0.286 e. The quantitative estimate of drug-likeness (QED) is 0.130. The molecule has 4 aliphatic carbocycles. The molecule has 8 bridgehead atoms. The van der Waals surface area contributed by atoms with Crippen LogP contribution in [-0.4, -0.2) is 90.3 Å². The molecule has 0 aromatic carbocycles. The molecule has 5 heterocycles. The zero-order valence-corrected chi connectivity index (χ0v) is 33.3. The molecule has 9 fully saturated rings. The minimum atomic E-state index is -4.74. The van der Waals surface area contributed by atoms with Crippen molar-refractivity contribution in [1.82, 2.24) is 42.5 Å². The Labute approximate surface area is 324 Å². The van der Waals surface area contributed by atoms with E-state index in [9.17, 15) is 25.3 Å². The van der Waals surface area contributed by atoms with Gasteiger partial charge < -0.3 is 0 Å². The maximum atomic E-state index is 13.6. The van der Waals surface area contributed by atoms with Gasteiger partial charge in [0.15, 0.2) is 0 Å². The first-order chi connectivity index (χ1) is 24.7. The summed E-state index contributed by atoms with van der Waals surface area (Å²) in [5, 5.41) is 42.9. The van der Waals surface area contributed by atoms with E-state index in [1.807, 2.05) is 0 Å². The molecule has 19 atom stereocenters. The summed E-state index contributed by atoms with van der Waals surface area (Å²) in [5.41, 5.74) is 0. The average molecular weight is 854 g/mol. The van der Waals surface area contributed by atoms with Crippen LogP contribution in [0.4, 0.5) is 0 Å². The number of hydrogen-bond donors (Lipinski definition) is 11. The number of nitrogens with two attached hydrogens (primary N) is 3. The maximum absolute atomic E-state index is 13.6. The van der Waals surface area contributed by atoms with E-state index in [0.29, 0.717) is 23.7 Å². The molecule has 0 spiro atoms. The number of rotatable bonds is 3. The Morgan fingerprint density at radius 1 is 0.358 bits per heavy atom. The molecule has 307 valence electrons. The first-order valence-electron chi connectivity index (χ1n) is 19.8. The maximum Gasteiger partial charge on any atom is 0.214 e. The SMILES string of the molecule is NS(=O)(=O)C1CC2C3NC4NC(NC5NC(NC6NC(NC(N3)C2C(S(N)(=O)=O)C1S(N)(=O)=O)C1CCCCC61)C1CCCCC51)C1CCCCC41.[Cu]. The van der Waals surface area contributed by atoms with Gasteiger partial charge in [-0.3, -0.25) is 42.5 Å². The van der Waals surface area contributed by atoms with E-state index in [1.165, 1.54) is 25.7 Å². The third-order valence-corrected chi connectivity index (χ3v) is 19.5. The molecule has 9 aliphatic rings. The monoisotopic (exact) mass is 852 g/mol. The van der Waals surface area contributed by atoms with Gasteiger partial charge in [0.05, 0.1) is 54.6 Å². The van der Waals surface area contributed by atoms with Gasteiger partial charge in [-0.05, 0) is 86.4 Å². The molecule has 5 saturated heterocycles. The van der Waals surface area contributed by atoms with E-state index < -0.39 is 70.0 Å². The summed E-state index contributed by atoms with van der Waals surface area (Å²) >= 11 is 0. The molecule has 53 heavy (non-hydrogen) atoms. The number of hydrogen-bond acceptors (Lipinski definition) is 14. The van der Waals surface area contributed by atoms with Crippen LogP contribution >= 0.6 is 0 Å². The van der Waals surface area contributed by atoms with Gasteiger partial charge in [0.2, 0.25) is 30.1 Å². The van der Waals surface area contributed by atoms with Crippen LogP contribution in [0.5, 0.6) is 0 Å². The summed E-state index contributed by atoms with van der Waals surface area (Å²) in [6, 6.07) is 0. The van der Waals surface area contributed by atoms with Crippen molar-refractivity contribution in [3.63, 3.8) is 0 Å². The van der Waals surface area contributed by atoms with Gasteiger partial charge >= 0.3 is 0 Å². The minimum absolute atomic E-state index is 0. The summed E-state index contributed by atoms with van der Waals surface area (Å²) < 4.78 is 80.0. The van der Waals surface area contributed by atoms with Crippen LogP contribution < -0.4 is 58.0 Å². The zero-order chi connectivity index (χ0) is 36.3. The second-order valence-corrected chi connectivity index (χ2v) is 22.9. The van der Waals surface area contributed by atoms with Crippen molar-refractivity contribution < 1.29 is 42.3 Å². The van der Waals surface area contributed by atoms with Crippen molar-refractivity contribution in [1.29, 1.82) is 0 Å². The normalized spacial score (nSPS) is 51.3. The smallest absolute Gasteiger partial charge is 0.214 e. The molecule has 0 aromatic heterocycles. The second-order valence-electron chi connectivity index (χ2n) is 17.7. The van der Waals surface area contributed by atoms with Gasteiger partial charge in [0, 0.05) is 23.0 Å². The molecule has 21 heteroatoms. The van der Waals surface area contributed by atoms with E-state index in [2.05, 4.69) is 42.5 Å². The Hall–Kier alpha value is -0.0705. The summed E-state index contributed by atoms with van der Waals surface area (Å²) in [7, 11) is -14.0. The summed E-state index contributed by atoms with van der Waals surface area (Å²) in [6.07, 6.45) is 12.0. The standard InChI is InChI=1S/C32H59N11O6S3.Cu/c33-50(44,45)21-13-20-22(24(52(35,48)49)23(21)51(34,46)47)32-42-30-19-12-6-5-11-18(19)28(40-30)38-26-15-8-2-1-7-14(15)25(36-26)37-27-16-9-3-4-10-17(16)29(39-27)41-31(20)43-32;/h14-32,36-43H,1-13H2,(H2,33,44,45)(H2,34,46,47)(H2,35,48,49);. The van der Waals surface area contributed by atoms with Crippen LogP contribution in [0.3, 0.4) is 0 Å². The van der Waals surface area contributed by atoms with Gasteiger partial charge in [-0.25, -0.2) is 40.7 Å². The second kappa shape index (κ2) is 14.6. The fraction of sp³-hybridized carbons (Fsp3) is 1.00. The Kier molecular flexibility index (Phi) is 11.0. The summed E-state index contributed by atoms with van der Waals surface area (Å²) in [6.45, 7) is 0. The Balaban J connectivity index is 0.00000400. The van der Waals surface area contributed by atoms with Crippen molar-refractivity contribution in [3.05, 3.63) is 0 Å². The van der Waals surface area contributed by atoms with Crippen LogP contribution in [0.1, 0.15) is 83.5 Å². The van der Waals surface area contributed by atoms with Crippen molar-refractivity contribution in [2.45, 2.75) is 149 Å². The fourth-order valence-corrected chi connectivity index (χ4v) is 18.5. The fourth-order valence-electron chi connectivity index (χ4n) is 13.1. The molecule has 19 unspecified atom stereocenters. The van der Waals surface area contributed by atoms with E-state index in [0.717, 1.165) is 51.4 Å². The number of fused-ring (bicyclic) bond motifs is 20. The molecular formula is C32H59CuN11O6S3. The largest absolute Gasteiger partial charge is 0.286 e. The van der Waals surface area contributed by atoms with Gasteiger partial charge in [0.1, 0.15) is 10.5 Å². The predicted octanol–water partition coefficient (Wildman–Crippen LogP) is -2.60. The number of sulfonamides is 3. The number of nitrogens with one attached hydrogen (secondary N) is 8. The first-order valence-corrected chi connectivity index (χ1v) is 24.6. The van der Waals surface area contributed by atoms with Crippen LogP contribution in [0.2, 0.25) is 0 Å². The molecule has 14 N–H and O–H groups in total. The van der Waals surface area contributed by atoms with Crippen molar-refractivity contribution in [2.75, 3.05) is 0 Å².